The third-order valence-electron chi connectivity index (χ3n) is 7.58. The summed E-state index contributed by atoms with van der Waals surface area (Å²) in [6.07, 6.45) is 12.3. The van der Waals surface area contributed by atoms with Gasteiger partial charge < -0.3 is 14.0 Å². The maximum atomic E-state index is 13.6. The van der Waals surface area contributed by atoms with E-state index in [1.165, 1.54) is 61.9 Å². The van der Waals surface area contributed by atoms with E-state index >= 15 is 0 Å². The van der Waals surface area contributed by atoms with Gasteiger partial charge in [0.1, 0.15) is 11.6 Å². The first-order chi connectivity index (χ1) is 17.7. The van der Waals surface area contributed by atoms with Crippen molar-refractivity contribution in [3.63, 3.8) is 0 Å². The van der Waals surface area contributed by atoms with Crippen molar-refractivity contribution in [1.82, 2.24) is 14.5 Å². The lowest BCUT2D eigenvalue weighted by atomic mass is 9.87. The molecular weight excluding hydrogens is 453 g/mol. The Kier molecular flexibility index (Phi) is 8.22. The zero-order valence-electron chi connectivity index (χ0n) is 21.4. The number of ether oxygens (including phenoxy) is 2. The SMILES string of the molecule is CCCCn1c(CN(CCC2CCCCC2)Cc2ccc3c(c2)OCO3)cnc1-c1ccc(F)cc1. The number of halogens is 1. The normalized spacial score (nSPS) is 15.6. The fourth-order valence-electron chi connectivity index (χ4n) is 5.51. The molecule has 0 unspecified atom stereocenters. The van der Waals surface area contributed by atoms with Crippen LogP contribution in [-0.4, -0.2) is 27.8 Å². The first-order valence-electron chi connectivity index (χ1n) is 13.6. The monoisotopic (exact) mass is 491 g/mol. The number of imidazole rings is 1. The van der Waals surface area contributed by atoms with Crippen molar-refractivity contribution in [2.24, 2.45) is 5.92 Å². The molecule has 0 bridgehead atoms. The summed E-state index contributed by atoms with van der Waals surface area (Å²) in [5.74, 6) is 3.20. The Labute approximate surface area is 214 Å². The molecule has 1 aromatic heterocycles. The van der Waals surface area contributed by atoms with Crippen molar-refractivity contribution in [3.05, 3.63) is 65.7 Å². The number of unbranched alkanes of at least 4 members (excludes halogenated alkanes) is 1. The van der Waals surface area contributed by atoms with Crippen LogP contribution in [0.4, 0.5) is 4.39 Å². The summed E-state index contributed by atoms with van der Waals surface area (Å²) in [5, 5.41) is 0. The number of aromatic nitrogens is 2. The predicted molar refractivity (Wildman–Crippen MR) is 140 cm³/mol. The lowest BCUT2D eigenvalue weighted by Crippen LogP contribution is -2.27. The zero-order chi connectivity index (χ0) is 24.7. The van der Waals surface area contributed by atoms with Crippen molar-refractivity contribution in [3.8, 4) is 22.9 Å². The minimum atomic E-state index is -0.219. The molecule has 192 valence electrons. The summed E-state index contributed by atoms with van der Waals surface area (Å²) in [4.78, 5) is 7.36. The number of nitrogens with zero attached hydrogens (tertiary/aromatic N) is 3. The number of benzene rings is 2. The minimum absolute atomic E-state index is 0.219. The second-order valence-corrected chi connectivity index (χ2v) is 10.3. The predicted octanol–water partition coefficient (Wildman–Crippen LogP) is 7.19. The van der Waals surface area contributed by atoms with Gasteiger partial charge in [0.15, 0.2) is 11.5 Å². The van der Waals surface area contributed by atoms with Crippen LogP contribution in [0.2, 0.25) is 0 Å². The summed E-state index contributed by atoms with van der Waals surface area (Å²) in [7, 11) is 0. The largest absolute Gasteiger partial charge is 0.454 e. The van der Waals surface area contributed by atoms with E-state index in [2.05, 4.69) is 28.5 Å². The highest BCUT2D eigenvalue weighted by Gasteiger charge is 2.20. The number of rotatable bonds is 11. The third kappa shape index (κ3) is 6.09. The summed E-state index contributed by atoms with van der Waals surface area (Å²) in [6.45, 7) is 6.17. The van der Waals surface area contributed by atoms with Gasteiger partial charge in [0.25, 0.3) is 0 Å². The molecule has 0 amide bonds. The van der Waals surface area contributed by atoms with Crippen LogP contribution in [0.15, 0.2) is 48.7 Å². The van der Waals surface area contributed by atoms with E-state index in [1.807, 2.05) is 24.4 Å². The van der Waals surface area contributed by atoms with Gasteiger partial charge >= 0.3 is 0 Å². The van der Waals surface area contributed by atoms with Crippen molar-refractivity contribution >= 4 is 0 Å². The van der Waals surface area contributed by atoms with Gasteiger partial charge in [0.05, 0.1) is 11.9 Å². The first-order valence-corrected chi connectivity index (χ1v) is 13.6. The molecule has 0 atom stereocenters. The highest BCUT2D eigenvalue weighted by molar-refractivity contribution is 5.56. The van der Waals surface area contributed by atoms with Crippen LogP contribution in [0.5, 0.6) is 11.5 Å². The lowest BCUT2D eigenvalue weighted by molar-refractivity contribution is 0.174. The topological polar surface area (TPSA) is 39.5 Å². The van der Waals surface area contributed by atoms with Crippen LogP contribution in [-0.2, 0) is 19.6 Å². The smallest absolute Gasteiger partial charge is 0.231 e. The van der Waals surface area contributed by atoms with Gasteiger partial charge in [-0.15, -0.1) is 0 Å². The van der Waals surface area contributed by atoms with Gasteiger partial charge in [0.2, 0.25) is 6.79 Å². The molecule has 1 aliphatic heterocycles. The van der Waals surface area contributed by atoms with Crippen LogP contribution >= 0.6 is 0 Å². The van der Waals surface area contributed by atoms with Gasteiger partial charge in [-0.3, -0.25) is 4.90 Å². The van der Waals surface area contributed by atoms with Crippen molar-refractivity contribution in [1.29, 1.82) is 0 Å². The van der Waals surface area contributed by atoms with Crippen molar-refractivity contribution < 1.29 is 13.9 Å². The van der Waals surface area contributed by atoms with Crippen LogP contribution < -0.4 is 9.47 Å². The molecule has 2 aliphatic rings. The molecule has 0 spiro atoms. The molecule has 5 rings (SSSR count). The van der Waals surface area contributed by atoms with Gasteiger partial charge in [0, 0.05) is 25.2 Å². The average molecular weight is 492 g/mol. The molecule has 2 heterocycles. The average Bonchev–Trinajstić information content (AvgIpc) is 3.53. The highest BCUT2D eigenvalue weighted by Crippen LogP contribution is 2.33. The molecule has 36 heavy (non-hydrogen) atoms. The molecule has 5 nitrogen and oxygen atoms in total. The second kappa shape index (κ2) is 11.9. The maximum Gasteiger partial charge on any atom is 0.231 e. The van der Waals surface area contributed by atoms with E-state index in [4.69, 9.17) is 14.5 Å². The van der Waals surface area contributed by atoms with Crippen molar-refractivity contribution in [2.45, 2.75) is 77.9 Å². The lowest BCUT2D eigenvalue weighted by Gasteiger charge is -2.27. The summed E-state index contributed by atoms with van der Waals surface area (Å²) >= 11 is 0. The Morgan fingerprint density at radius 1 is 1.00 bits per heavy atom. The molecule has 1 saturated carbocycles. The number of hydrogen-bond acceptors (Lipinski definition) is 4. The van der Waals surface area contributed by atoms with Crippen LogP contribution in [0, 0.1) is 11.7 Å². The van der Waals surface area contributed by atoms with E-state index in [9.17, 15) is 4.39 Å². The van der Waals surface area contributed by atoms with Crippen LogP contribution in [0.25, 0.3) is 11.4 Å². The quantitative estimate of drug-likeness (QED) is 0.285. The van der Waals surface area contributed by atoms with Gasteiger partial charge in [-0.05, 0) is 67.3 Å². The minimum Gasteiger partial charge on any atom is -0.454 e. The number of hydrogen-bond donors (Lipinski definition) is 0. The van der Waals surface area contributed by atoms with Gasteiger partial charge in [-0.25, -0.2) is 9.37 Å². The third-order valence-corrected chi connectivity index (χ3v) is 7.58. The second-order valence-electron chi connectivity index (χ2n) is 10.3. The summed E-state index contributed by atoms with van der Waals surface area (Å²) in [5.41, 5.74) is 3.41. The molecule has 0 N–H and O–H groups in total. The Morgan fingerprint density at radius 2 is 1.81 bits per heavy atom. The molecular formula is C30H38FN3O2. The molecule has 1 aliphatic carbocycles. The van der Waals surface area contributed by atoms with E-state index in [0.29, 0.717) is 6.79 Å². The summed E-state index contributed by atoms with van der Waals surface area (Å²) in [6, 6.07) is 13.0. The fraction of sp³-hybridized carbons (Fsp3) is 0.500. The number of fused-ring (bicyclic) bond motifs is 1. The summed E-state index contributed by atoms with van der Waals surface area (Å²) < 4.78 is 27.0. The zero-order valence-corrected chi connectivity index (χ0v) is 21.4. The Balaban J connectivity index is 1.37. The highest BCUT2D eigenvalue weighted by atomic mass is 19.1. The molecule has 2 aromatic carbocycles. The van der Waals surface area contributed by atoms with Gasteiger partial charge in [-0.1, -0.05) is 51.5 Å². The van der Waals surface area contributed by atoms with E-state index in [0.717, 1.165) is 67.8 Å². The molecule has 3 aromatic rings. The standard InChI is InChI=1S/C30H38FN3O2/c1-2-3-16-34-27(19-32-30(34)25-10-12-26(31)13-11-25)21-33(17-15-23-7-5-4-6-8-23)20-24-9-14-28-29(18-24)36-22-35-28/h9-14,18-19,23H,2-8,15-17,20-22H2,1H3. The maximum absolute atomic E-state index is 13.6. The Hall–Kier alpha value is -2.86. The fourth-order valence-corrected chi connectivity index (χ4v) is 5.51. The van der Waals surface area contributed by atoms with E-state index in [-0.39, 0.29) is 5.82 Å². The van der Waals surface area contributed by atoms with Gasteiger partial charge in [-0.2, -0.15) is 0 Å². The Bertz CT molecular complexity index is 1120. The van der Waals surface area contributed by atoms with Crippen molar-refractivity contribution in [2.75, 3.05) is 13.3 Å². The van der Waals surface area contributed by atoms with Crippen LogP contribution in [0.3, 0.4) is 0 Å². The molecule has 1 fully saturated rings. The molecule has 0 radical (unpaired) electrons. The van der Waals surface area contributed by atoms with E-state index in [1.54, 1.807) is 0 Å². The first kappa shape index (κ1) is 24.8. The van der Waals surface area contributed by atoms with Crippen LogP contribution in [0.1, 0.15) is 69.5 Å². The Morgan fingerprint density at radius 3 is 2.61 bits per heavy atom. The molecule has 6 heteroatoms. The van der Waals surface area contributed by atoms with E-state index < -0.39 is 0 Å². The molecule has 0 saturated heterocycles.